The zero-order valence-corrected chi connectivity index (χ0v) is 12.4. The number of nitrogens with zero attached hydrogens (tertiary/aromatic N) is 1. The quantitative estimate of drug-likeness (QED) is 0.784. The van der Waals surface area contributed by atoms with E-state index in [4.69, 9.17) is 0 Å². The molecule has 0 saturated heterocycles. The van der Waals surface area contributed by atoms with E-state index >= 15 is 0 Å². The van der Waals surface area contributed by atoms with Gasteiger partial charge in [-0.3, -0.25) is 4.90 Å². The minimum absolute atomic E-state index is 0.0483. The minimum atomic E-state index is -0.0483. The van der Waals surface area contributed by atoms with E-state index in [1.165, 1.54) is 38.6 Å². The van der Waals surface area contributed by atoms with Crippen LogP contribution in [0.4, 0.5) is 0 Å². The maximum Gasteiger partial charge on any atom is 0.0555 e. The van der Waals surface area contributed by atoms with Crippen LogP contribution in [0.15, 0.2) is 0 Å². The molecule has 3 atom stereocenters. The van der Waals surface area contributed by atoms with Gasteiger partial charge >= 0.3 is 0 Å². The highest BCUT2D eigenvalue weighted by atomic mass is 16.3. The molecule has 0 aromatic rings. The lowest BCUT2D eigenvalue weighted by molar-refractivity contribution is 0.00729. The van der Waals surface area contributed by atoms with E-state index in [-0.39, 0.29) is 6.10 Å². The third-order valence-corrected chi connectivity index (χ3v) is 4.91. The Labute approximate surface area is 113 Å². The first-order chi connectivity index (χ1) is 8.63. The minimum Gasteiger partial charge on any atom is -0.393 e. The Morgan fingerprint density at radius 1 is 1.17 bits per heavy atom. The van der Waals surface area contributed by atoms with Crippen LogP contribution in [0.3, 0.4) is 0 Å². The third kappa shape index (κ3) is 3.48. The predicted octanol–water partition coefficient (Wildman–Crippen LogP) is 3.44. The number of rotatable bonds is 6. The van der Waals surface area contributed by atoms with Crippen molar-refractivity contribution < 1.29 is 5.11 Å². The zero-order valence-electron chi connectivity index (χ0n) is 12.4. The van der Waals surface area contributed by atoms with Crippen LogP contribution in [-0.2, 0) is 0 Å². The summed E-state index contributed by atoms with van der Waals surface area (Å²) < 4.78 is 0. The van der Waals surface area contributed by atoms with Crippen LogP contribution in [0.25, 0.3) is 0 Å². The van der Waals surface area contributed by atoms with Crippen LogP contribution < -0.4 is 0 Å². The molecule has 2 fully saturated rings. The normalized spacial score (nSPS) is 33.3. The van der Waals surface area contributed by atoms with Gasteiger partial charge < -0.3 is 5.11 Å². The molecule has 18 heavy (non-hydrogen) atoms. The fraction of sp³-hybridized carbons (Fsp3) is 1.00. The summed E-state index contributed by atoms with van der Waals surface area (Å²) in [5.41, 5.74) is 0. The maximum absolute atomic E-state index is 10.0. The van der Waals surface area contributed by atoms with E-state index in [1.807, 2.05) is 0 Å². The highest BCUT2D eigenvalue weighted by Crippen LogP contribution is 2.39. The highest BCUT2D eigenvalue weighted by molar-refractivity contribution is 4.95. The fourth-order valence-corrected chi connectivity index (χ4v) is 3.67. The molecule has 2 nitrogen and oxygen atoms in total. The van der Waals surface area contributed by atoms with Gasteiger partial charge in [-0.05, 0) is 56.9 Å². The summed E-state index contributed by atoms with van der Waals surface area (Å²) in [6.07, 6.45) is 8.59. The van der Waals surface area contributed by atoms with Crippen LogP contribution in [0.2, 0.25) is 0 Å². The molecule has 106 valence electrons. The molecule has 3 unspecified atom stereocenters. The average Bonchev–Trinajstić information content (AvgIpc) is 3.13. The van der Waals surface area contributed by atoms with Gasteiger partial charge in [-0.2, -0.15) is 0 Å². The average molecular weight is 253 g/mol. The van der Waals surface area contributed by atoms with Gasteiger partial charge in [0.25, 0.3) is 0 Å². The standard InChI is InChI=1S/C16H31NO/c1-4-5-10-17(13-6-7-13)16-11-14(18)8-9-15(16)12(2)3/h12-16,18H,4-11H2,1-3H3. The molecule has 1 N–H and O–H groups in total. The molecule has 2 heteroatoms. The van der Waals surface area contributed by atoms with Gasteiger partial charge in [-0.15, -0.1) is 0 Å². The Bertz CT molecular complexity index is 249. The summed E-state index contributed by atoms with van der Waals surface area (Å²) in [6.45, 7) is 8.25. The van der Waals surface area contributed by atoms with E-state index in [2.05, 4.69) is 25.7 Å². The lowest BCUT2D eigenvalue weighted by Crippen LogP contribution is -2.48. The fourth-order valence-electron chi connectivity index (χ4n) is 3.67. The predicted molar refractivity (Wildman–Crippen MR) is 76.6 cm³/mol. The Kier molecular flexibility index (Phi) is 5.08. The van der Waals surface area contributed by atoms with Gasteiger partial charge in [0, 0.05) is 12.1 Å². The van der Waals surface area contributed by atoms with Crippen LogP contribution in [0.1, 0.15) is 65.7 Å². The van der Waals surface area contributed by atoms with Gasteiger partial charge in [0.05, 0.1) is 6.10 Å². The van der Waals surface area contributed by atoms with Crippen molar-refractivity contribution in [2.75, 3.05) is 6.54 Å². The lowest BCUT2D eigenvalue weighted by Gasteiger charge is -2.44. The topological polar surface area (TPSA) is 23.5 Å². The Morgan fingerprint density at radius 2 is 1.89 bits per heavy atom. The van der Waals surface area contributed by atoms with Gasteiger partial charge in [0.15, 0.2) is 0 Å². The molecule has 0 spiro atoms. The van der Waals surface area contributed by atoms with Crippen molar-refractivity contribution in [2.45, 2.75) is 83.9 Å². The first-order valence-electron chi connectivity index (χ1n) is 8.07. The summed E-state index contributed by atoms with van der Waals surface area (Å²) >= 11 is 0. The first kappa shape index (κ1) is 14.3. The molecule has 0 radical (unpaired) electrons. The number of hydrogen-bond acceptors (Lipinski definition) is 2. The molecular formula is C16H31NO. The molecule has 2 aliphatic rings. The van der Waals surface area contributed by atoms with E-state index in [9.17, 15) is 5.11 Å². The van der Waals surface area contributed by atoms with Crippen molar-refractivity contribution >= 4 is 0 Å². The van der Waals surface area contributed by atoms with E-state index < -0.39 is 0 Å². The van der Waals surface area contributed by atoms with E-state index in [0.717, 1.165) is 30.7 Å². The monoisotopic (exact) mass is 253 g/mol. The number of aliphatic hydroxyl groups excluding tert-OH is 1. The van der Waals surface area contributed by atoms with Gasteiger partial charge in [0.1, 0.15) is 0 Å². The Hall–Kier alpha value is -0.0800. The van der Waals surface area contributed by atoms with Gasteiger partial charge in [-0.1, -0.05) is 27.2 Å². The molecule has 0 heterocycles. The molecule has 0 aromatic carbocycles. The van der Waals surface area contributed by atoms with E-state index in [1.54, 1.807) is 0 Å². The smallest absolute Gasteiger partial charge is 0.0555 e. The Balaban J connectivity index is 2.03. The molecular weight excluding hydrogens is 222 g/mol. The van der Waals surface area contributed by atoms with Crippen LogP contribution >= 0.6 is 0 Å². The van der Waals surface area contributed by atoms with Crippen LogP contribution in [0.5, 0.6) is 0 Å². The molecule has 0 aliphatic heterocycles. The highest BCUT2D eigenvalue weighted by Gasteiger charge is 2.40. The van der Waals surface area contributed by atoms with Crippen LogP contribution in [-0.4, -0.2) is 34.7 Å². The molecule has 2 saturated carbocycles. The third-order valence-electron chi connectivity index (χ3n) is 4.91. The molecule has 0 amide bonds. The van der Waals surface area contributed by atoms with Crippen molar-refractivity contribution in [1.82, 2.24) is 4.90 Å². The molecule has 0 aromatic heterocycles. The molecule has 0 bridgehead atoms. The SMILES string of the molecule is CCCCN(C1CC1)C1CC(O)CCC1C(C)C. The maximum atomic E-state index is 10.0. The summed E-state index contributed by atoms with van der Waals surface area (Å²) in [5, 5.41) is 10.0. The first-order valence-corrected chi connectivity index (χ1v) is 8.07. The van der Waals surface area contributed by atoms with Gasteiger partial charge in [-0.25, -0.2) is 0 Å². The summed E-state index contributed by atoms with van der Waals surface area (Å²) in [5.74, 6) is 1.55. The second-order valence-corrected chi connectivity index (χ2v) is 6.76. The molecule has 2 aliphatic carbocycles. The second kappa shape index (κ2) is 6.38. The van der Waals surface area contributed by atoms with Crippen molar-refractivity contribution in [1.29, 1.82) is 0 Å². The van der Waals surface area contributed by atoms with Crippen molar-refractivity contribution in [3.8, 4) is 0 Å². The lowest BCUT2D eigenvalue weighted by atomic mass is 9.76. The van der Waals surface area contributed by atoms with Gasteiger partial charge in [0.2, 0.25) is 0 Å². The van der Waals surface area contributed by atoms with Crippen molar-refractivity contribution in [2.24, 2.45) is 11.8 Å². The number of unbranched alkanes of at least 4 members (excludes halogenated alkanes) is 1. The summed E-state index contributed by atoms with van der Waals surface area (Å²) in [6, 6.07) is 1.49. The second-order valence-electron chi connectivity index (χ2n) is 6.76. The zero-order chi connectivity index (χ0) is 13.1. The van der Waals surface area contributed by atoms with Crippen LogP contribution in [0, 0.1) is 11.8 Å². The number of aliphatic hydroxyl groups is 1. The summed E-state index contributed by atoms with van der Waals surface area (Å²) in [4.78, 5) is 2.76. The number of hydrogen-bond donors (Lipinski definition) is 1. The Morgan fingerprint density at radius 3 is 2.44 bits per heavy atom. The largest absolute Gasteiger partial charge is 0.393 e. The van der Waals surface area contributed by atoms with Crippen molar-refractivity contribution in [3.05, 3.63) is 0 Å². The summed E-state index contributed by atoms with van der Waals surface area (Å²) in [7, 11) is 0. The van der Waals surface area contributed by atoms with E-state index in [0.29, 0.717) is 6.04 Å². The molecule has 2 rings (SSSR count). The van der Waals surface area contributed by atoms with Crippen molar-refractivity contribution in [3.63, 3.8) is 0 Å².